The van der Waals surface area contributed by atoms with Gasteiger partial charge in [0.25, 0.3) is 0 Å². The van der Waals surface area contributed by atoms with Crippen molar-refractivity contribution in [2.24, 2.45) is 5.41 Å². The third-order valence-corrected chi connectivity index (χ3v) is 6.55. The molecule has 0 unspecified atom stereocenters. The van der Waals surface area contributed by atoms with E-state index in [-0.39, 0.29) is 17.4 Å². The van der Waals surface area contributed by atoms with Crippen LogP contribution in [0.25, 0.3) is 0 Å². The Kier molecular flexibility index (Phi) is 20.1. The van der Waals surface area contributed by atoms with Gasteiger partial charge in [0.05, 0.1) is 0 Å². The SMILES string of the molecule is CCCCCCCCCC(=O)OCC(CC)(CC)COC(=O)CCCCCCCCC. The van der Waals surface area contributed by atoms with E-state index in [1.165, 1.54) is 64.2 Å². The monoisotopic (exact) mass is 440 g/mol. The maximum atomic E-state index is 12.1. The number of hydrogen-bond donors (Lipinski definition) is 0. The molecule has 0 radical (unpaired) electrons. The van der Waals surface area contributed by atoms with E-state index in [0.717, 1.165) is 38.5 Å². The van der Waals surface area contributed by atoms with Crippen LogP contribution in [0.5, 0.6) is 0 Å². The van der Waals surface area contributed by atoms with Crippen LogP contribution in [-0.2, 0) is 19.1 Å². The van der Waals surface area contributed by atoms with Gasteiger partial charge in [0.2, 0.25) is 0 Å². The van der Waals surface area contributed by atoms with Crippen LogP contribution in [0.1, 0.15) is 143 Å². The van der Waals surface area contributed by atoms with Crippen molar-refractivity contribution in [3.63, 3.8) is 0 Å². The first kappa shape index (κ1) is 29.9. The summed E-state index contributed by atoms with van der Waals surface area (Å²) < 4.78 is 11.2. The second-order valence-electron chi connectivity index (χ2n) is 9.27. The summed E-state index contributed by atoms with van der Waals surface area (Å²) in [6.45, 7) is 9.30. The Hall–Kier alpha value is -1.06. The minimum absolute atomic E-state index is 0.116. The topological polar surface area (TPSA) is 52.6 Å². The zero-order valence-corrected chi connectivity index (χ0v) is 21.3. The molecule has 0 aliphatic heterocycles. The molecule has 0 heterocycles. The molecule has 0 saturated carbocycles. The van der Waals surface area contributed by atoms with E-state index in [4.69, 9.17) is 9.47 Å². The third kappa shape index (κ3) is 17.2. The van der Waals surface area contributed by atoms with Gasteiger partial charge in [-0.2, -0.15) is 0 Å². The van der Waals surface area contributed by atoms with Crippen LogP contribution in [0.15, 0.2) is 0 Å². The lowest BCUT2D eigenvalue weighted by molar-refractivity contribution is -0.154. The summed E-state index contributed by atoms with van der Waals surface area (Å²) in [6, 6.07) is 0. The fourth-order valence-corrected chi connectivity index (χ4v) is 3.76. The Balaban J connectivity index is 4.01. The van der Waals surface area contributed by atoms with Crippen LogP contribution in [0, 0.1) is 5.41 Å². The molecule has 4 heteroatoms. The van der Waals surface area contributed by atoms with Crippen LogP contribution in [0.3, 0.4) is 0 Å². The Morgan fingerprint density at radius 3 is 1.16 bits per heavy atom. The fourth-order valence-electron chi connectivity index (χ4n) is 3.76. The van der Waals surface area contributed by atoms with Crippen LogP contribution in [-0.4, -0.2) is 25.2 Å². The van der Waals surface area contributed by atoms with Gasteiger partial charge in [0, 0.05) is 18.3 Å². The molecule has 31 heavy (non-hydrogen) atoms. The molecule has 0 aromatic carbocycles. The number of esters is 2. The molecule has 0 aliphatic carbocycles. The zero-order chi connectivity index (χ0) is 23.2. The summed E-state index contributed by atoms with van der Waals surface area (Å²) in [6.07, 6.45) is 19.3. The maximum absolute atomic E-state index is 12.1. The number of carbonyl (C=O) groups excluding carboxylic acids is 2. The lowest BCUT2D eigenvalue weighted by atomic mass is 9.84. The van der Waals surface area contributed by atoms with Gasteiger partial charge in [-0.1, -0.05) is 105 Å². The van der Waals surface area contributed by atoms with E-state index in [0.29, 0.717) is 26.1 Å². The summed E-state index contributed by atoms with van der Waals surface area (Å²) in [4.78, 5) is 24.3. The summed E-state index contributed by atoms with van der Waals surface area (Å²) in [5, 5.41) is 0. The van der Waals surface area contributed by atoms with Gasteiger partial charge < -0.3 is 9.47 Å². The summed E-state index contributed by atoms with van der Waals surface area (Å²) in [7, 11) is 0. The molecular formula is C27H52O4. The molecule has 0 aromatic heterocycles. The molecule has 0 aromatic rings. The highest BCUT2D eigenvalue weighted by atomic mass is 16.5. The molecule has 184 valence electrons. The average molecular weight is 441 g/mol. The number of hydrogen-bond acceptors (Lipinski definition) is 4. The van der Waals surface area contributed by atoms with Crippen molar-refractivity contribution in [1.29, 1.82) is 0 Å². The van der Waals surface area contributed by atoms with E-state index in [9.17, 15) is 9.59 Å². The zero-order valence-electron chi connectivity index (χ0n) is 21.3. The molecule has 0 amide bonds. The van der Waals surface area contributed by atoms with Crippen molar-refractivity contribution in [2.75, 3.05) is 13.2 Å². The fraction of sp³-hybridized carbons (Fsp3) is 0.926. The predicted molar refractivity (Wildman–Crippen MR) is 130 cm³/mol. The standard InChI is InChI=1S/C27H52O4/c1-5-9-11-13-15-17-19-21-25(28)30-23-27(7-3,8-4)24-31-26(29)22-20-18-16-14-12-10-6-2/h5-24H2,1-4H3. The van der Waals surface area contributed by atoms with E-state index in [1.54, 1.807) is 0 Å². The lowest BCUT2D eigenvalue weighted by Crippen LogP contribution is -2.33. The molecule has 0 fully saturated rings. The largest absolute Gasteiger partial charge is 0.465 e. The molecule has 0 spiro atoms. The molecule has 0 saturated heterocycles. The lowest BCUT2D eigenvalue weighted by Gasteiger charge is -2.30. The first-order valence-corrected chi connectivity index (χ1v) is 13.3. The van der Waals surface area contributed by atoms with Crippen LogP contribution >= 0.6 is 0 Å². The van der Waals surface area contributed by atoms with Gasteiger partial charge in [0.1, 0.15) is 13.2 Å². The first-order chi connectivity index (χ1) is 15.0. The van der Waals surface area contributed by atoms with E-state index < -0.39 is 0 Å². The van der Waals surface area contributed by atoms with Crippen molar-refractivity contribution in [3.8, 4) is 0 Å². The number of unbranched alkanes of at least 4 members (excludes halogenated alkanes) is 12. The quantitative estimate of drug-likeness (QED) is 0.126. The van der Waals surface area contributed by atoms with E-state index in [1.807, 2.05) is 0 Å². The molecule has 0 atom stereocenters. The smallest absolute Gasteiger partial charge is 0.305 e. The van der Waals surface area contributed by atoms with Crippen molar-refractivity contribution >= 4 is 11.9 Å². The van der Waals surface area contributed by atoms with Gasteiger partial charge in [-0.25, -0.2) is 0 Å². The summed E-state index contributed by atoms with van der Waals surface area (Å²) in [5.41, 5.74) is -0.258. The van der Waals surface area contributed by atoms with Crippen molar-refractivity contribution < 1.29 is 19.1 Å². The third-order valence-electron chi connectivity index (χ3n) is 6.55. The Bertz CT molecular complexity index is 393. The highest BCUT2D eigenvalue weighted by Gasteiger charge is 2.30. The van der Waals surface area contributed by atoms with Gasteiger partial charge in [-0.05, 0) is 25.7 Å². The van der Waals surface area contributed by atoms with Crippen molar-refractivity contribution in [2.45, 2.75) is 143 Å². The number of carbonyl (C=O) groups is 2. The Morgan fingerprint density at radius 2 is 0.839 bits per heavy atom. The molecular weight excluding hydrogens is 388 g/mol. The summed E-state index contributed by atoms with van der Waals surface area (Å²) in [5.74, 6) is -0.233. The average Bonchev–Trinajstić information content (AvgIpc) is 2.78. The van der Waals surface area contributed by atoms with Crippen LogP contribution in [0.2, 0.25) is 0 Å². The molecule has 4 nitrogen and oxygen atoms in total. The minimum atomic E-state index is -0.258. The van der Waals surface area contributed by atoms with Crippen LogP contribution < -0.4 is 0 Å². The van der Waals surface area contributed by atoms with E-state index >= 15 is 0 Å². The van der Waals surface area contributed by atoms with E-state index in [2.05, 4.69) is 27.7 Å². The van der Waals surface area contributed by atoms with Crippen LogP contribution in [0.4, 0.5) is 0 Å². The second-order valence-corrected chi connectivity index (χ2v) is 9.27. The number of ether oxygens (including phenoxy) is 2. The minimum Gasteiger partial charge on any atom is -0.465 e. The van der Waals surface area contributed by atoms with Gasteiger partial charge >= 0.3 is 11.9 Å². The molecule has 0 bridgehead atoms. The number of rotatable bonds is 22. The highest BCUT2D eigenvalue weighted by Crippen LogP contribution is 2.28. The Labute approximate surface area is 193 Å². The van der Waals surface area contributed by atoms with Crippen molar-refractivity contribution in [1.82, 2.24) is 0 Å². The van der Waals surface area contributed by atoms with Gasteiger partial charge in [-0.15, -0.1) is 0 Å². The predicted octanol–water partition coefficient (Wildman–Crippen LogP) is 8.16. The first-order valence-electron chi connectivity index (χ1n) is 13.3. The van der Waals surface area contributed by atoms with Gasteiger partial charge in [0.15, 0.2) is 0 Å². The molecule has 0 rings (SSSR count). The van der Waals surface area contributed by atoms with Crippen molar-refractivity contribution in [3.05, 3.63) is 0 Å². The Morgan fingerprint density at radius 1 is 0.516 bits per heavy atom. The highest BCUT2D eigenvalue weighted by molar-refractivity contribution is 5.69. The normalized spacial score (nSPS) is 11.5. The second kappa shape index (κ2) is 20.8. The molecule has 0 N–H and O–H groups in total. The maximum Gasteiger partial charge on any atom is 0.305 e. The summed E-state index contributed by atoms with van der Waals surface area (Å²) >= 11 is 0. The molecule has 0 aliphatic rings. The van der Waals surface area contributed by atoms with Gasteiger partial charge in [-0.3, -0.25) is 9.59 Å².